The molecule has 1 aliphatic heterocycles. The minimum atomic E-state index is -0.282. The Kier molecular flexibility index (Phi) is 4.72. The predicted molar refractivity (Wildman–Crippen MR) is 71.5 cm³/mol. The minimum Gasteiger partial charge on any atom is -0.352 e. The summed E-state index contributed by atoms with van der Waals surface area (Å²) in [4.78, 5) is 11.9. The van der Waals surface area contributed by atoms with Crippen LogP contribution in [0.3, 0.4) is 0 Å². The Balaban J connectivity index is 1.88. The van der Waals surface area contributed by atoms with Crippen LogP contribution in [0.15, 0.2) is 22.7 Å². The van der Waals surface area contributed by atoms with E-state index in [1.54, 1.807) is 6.07 Å². The smallest absolute Gasteiger partial charge is 0.223 e. The number of hydrogen-bond acceptors (Lipinski definition) is 2. The zero-order chi connectivity index (χ0) is 13.0. The van der Waals surface area contributed by atoms with Crippen LogP contribution in [0, 0.1) is 11.7 Å². The fourth-order valence-electron chi connectivity index (χ4n) is 2.08. The first-order valence-corrected chi connectivity index (χ1v) is 6.88. The molecule has 1 fully saturated rings. The molecule has 5 heteroatoms. The lowest BCUT2D eigenvalue weighted by Crippen LogP contribution is -2.37. The van der Waals surface area contributed by atoms with Gasteiger partial charge < -0.3 is 10.6 Å². The van der Waals surface area contributed by atoms with Crippen molar-refractivity contribution in [3.63, 3.8) is 0 Å². The molecule has 1 heterocycles. The van der Waals surface area contributed by atoms with Gasteiger partial charge in [0.1, 0.15) is 5.82 Å². The number of hydrogen-bond donors (Lipinski definition) is 2. The highest BCUT2D eigenvalue weighted by atomic mass is 79.9. The zero-order valence-corrected chi connectivity index (χ0v) is 11.6. The van der Waals surface area contributed by atoms with E-state index in [4.69, 9.17) is 0 Å². The first-order valence-electron chi connectivity index (χ1n) is 6.09. The van der Waals surface area contributed by atoms with Crippen LogP contribution < -0.4 is 10.6 Å². The Morgan fingerprint density at radius 2 is 2.17 bits per heavy atom. The Bertz CT molecular complexity index is 433. The molecule has 0 bridgehead atoms. The standard InChI is InChI=1S/C13H16BrFN2O/c14-12-7-11(15)2-1-10(12)8-17-13(18)9-3-5-16-6-4-9/h1-2,7,9,16H,3-6,8H2,(H,17,18). The maximum atomic E-state index is 12.9. The Hall–Kier alpha value is -0.940. The molecule has 2 rings (SSSR count). The summed E-state index contributed by atoms with van der Waals surface area (Å²) in [5.74, 6) is -0.0893. The molecule has 2 N–H and O–H groups in total. The van der Waals surface area contributed by atoms with Gasteiger partial charge in [-0.2, -0.15) is 0 Å². The molecule has 0 unspecified atom stereocenters. The van der Waals surface area contributed by atoms with Crippen LogP contribution in [-0.4, -0.2) is 19.0 Å². The number of piperidine rings is 1. The van der Waals surface area contributed by atoms with Crippen molar-refractivity contribution in [2.24, 2.45) is 5.92 Å². The van der Waals surface area contributed by atoms with E-state index in [1.165, 1.54) is 12.1 Å². The molecular formula is C13H16BrFN2O. The summed E-state index contributed by atoms with van der Waals surface area (Å²) >= 11 is 3.29. The maximum absolute atomic E-state index is 12.9. The van der Waals surface area contributed by atoms with Crippen molar-refractivity contribution in [1.29, 1.82) is 0 Å². The van der Waals surface area contributed by atoms with E-state index < -0.39 is 0 Å². The molecule has 0 aromatic heterocycles. The third kappa shape index (κ3) is 3.53. The van der Waals surface area contributed by atoms with Crippen LogP contribution in [0.1, 0.15) is 18.4 Å². The number of carbonyl (C=O) groups excluding carboxylic acids is 1. The monoisotopic (exact) mass is 314 g/mol. The van der Waals surface area contributed by atoms with E-state index in [9.17, 15) is 9.18 Å². The molecule has 3 nitrogen and oxygen atoms in total. The van der Waals surface area contributed by atoms with E-state index >= 15 is 0 Å². The summed E-state index contributed by atoms with van der Waals surface area (Å²) in [6.07, 6.45) is 1.77. The number of benzene rings is 1. The molecule has 1 aromatic carbocycles. The fourth-order valence-corrected chi connectivity index (χ4v) is 2.57. The Labute approximate surface area is 114 Å². The number of nitrogens with one attached hydrogen (secondary N) is 2. The molecule has 18 heavy (non-hydrogen) atoms. The van der Waals surface area contributed by atoms with Crippen LogP contribution in [-0.2, 0) is 11.3 Å². The van der Waals surface area contributed by atoms with Crippen molar-refractivity contribution >= 4 is 21.8 Å². The van der Waals surface area contributed by atoms with Crippen LogP contribution >= 0.6 is 15.9 Å². The average molecular weight is 315 g/mol. The summed E-state index contributed by atoms with van der Waals surface area (Å²) in [7, 11) is 0. The highest BCUT2D eigenvalue weighted by Gasteiger charge is 2.20. The van der Waals surface area contributed by atoms with Crippen LogP contribution in [0.5, 0.6) is 0 Å². The summed E-state index contributed by atoms with van der Waals surface area (Å²) in [6.45, 7) is 2.24. The van der Waals surface area contributed by atoms with E-state index in [0.29, 0.717) is 11.0 Å². The third-order valence-electron chi connectivity index (χ3n) is 3.18. The van der Waals surface area contributed by atoms with Gasteiger partial charge in [0.15, 0.2) is 0 Å². The number of rotatable bonds is 3. The summed E-state index contributed by atoms with van der Waals surface area (Å²) < 4.78 is 13.6. The van der Waals surface area contributed by atoms with E-state index in [2.05, 4.69) is 26.6 Å². The Morgan fingerprint density at radius 3 is 2.83 bits per heavy atom. The van der Waals surface area contributed by atoms with Crippen molar-refractivity contribution in [3.05, 3.63) is 34.1 Å². The minimum absolute atomic E-state index is 0.0905. The molecular weight excluding hydrogens is 299 g/mol. The van der Waals surface area contributed by atoms with Gasteiger partial charge in [-0.15, -0.1) is 0 Å². The van der Waals surface area contributed by atoms with Gasteiger partial charge in [-0.1, -0.05) is 22.0 Å². The molecule has 0 radical (unpaired) electrons. The average Bonchev–Trinajstić information content (AvgIpc) is 2.38. The van der Waals surface area contributed by atoms with Gasteiger partial charge in [0, 0.05) is 16.9 Å². The van der Waals surface area contributed by atoms with Crippen LogP contribution in [0.25, 0.3) is 0 Å². The highest BCUT2D eigenvalue weighted by molar-refractivity contribution is 9.10. The van der Waals surface area contributed by atoms with Gasteiger partial charge in [0.2, 0.25) is 5.91 Å². The Morgan fingerprint density at radius 1 is 1.44 bits per heavy atom. The molecule has 1 aromatic rings. The second-order valence-corrected chi connectivity index (χ2v) is 5.33. The lowest BCUT2D eigenvalue weighted by Gasteiger charge is -2.21. The van der Waals surface area contributed by atoms with Crippen molar-refractivity contribution in [2.75, 3.05) is 13.1 Å². The van der Waals surface area contributed by atoms with Gasteiger partial charge in [-0.3, -0.25) is 4.79 Å². The first-order chi connectivity index (χ1) is 8.66. The quantitative estimate of drug-likeness (QED) is 0.898. The summed E-state index contributed by atoms with van der Waals surface area (Å²) in [5, 5.41) is 6.14. The van der Waals surface area contributed by atoms with Gasteiger partial charge in [0.25, 0.3) is 0 Å². The summed E-state index contributed by atoms with van der Waals surface area (Å²) in [5.41, 5.74) is 0.888. The van der Waals surface area contributed by atoms with Gasteiger partial charge >= 0.3 is 0 Å². The normalized spacial score (nSPS) is 16.6. The number of halogens is 2. The first kappa shape index (κ1) is 13.5. The zero-order valence-electron chi connectivity index (χ0n) is 10.0. The number of carbonyl (C=O) groups is 1. The number of amides is 1. The second-order valence-electron chi connectivity index (χ2n) is 4.48. The topological polar surface area (TPSA) is 41.1 Å². The van der Waals surface area contributed by atoms with Crippen LogP contribution in [0.2, 0.25) is 0 Å². The van der Waals surface area contributed by atoms with Gasteiger partial charge in [-0.25, -0.2) is 4.39 Å². The predicted octanol–water partition coefficient (Wildman–Crippen LogP) is 2.20. The molecule has 0 aliphatic carbocycles. The van der Waals surface area contributed by atoms with E-state index in [-0.39, 0.29) is 17.6 Å². The van der Waals surface area contributed by atoms with E-state index in [1.807, 2.05) is 0 Å². The second kappa shape index (κ2) is 6.29. The van der Waals surface area contributed by atoms with Crippen LogP contribution in [0.4, 0.5) is 4.39 Å². The largest absolute Gasteiger partial charge is 0.352 e. The lowest BCUT2D eigenvalue weighted by molar-refractivity contribution is -0.125. The third-order valence-corrected chi connectivity index (χ3v) is 3.92. The van der Waals surface area contributed by atoms with Gasteiger partial charge in [0.05, 0.1) is 0 Å². The van der Waals surface area contributed by atoms with Gasteiger partial charge in [-0.05, 0) is 43.6 Å². The molecule has 0 saturated carbocycles. The maximum Gasteiger partial charge on any atom is 0.223 e. The van der Waals surface area contributed by atoms with Crippen molar-refractivity contribution in [1.82, 2.24) is 10.6 Å². The van der Waals surface area contributed by atoms with Crippen molar-refractivity contribution in [3.8, 4) is 0 Å². The SMILES string of the molecule is O=C(NCc1ccc(F)cc1Br)C1CCNCC1. The highest BCUT2D eigenvalue weighted by Crippen LogP contribution is 2.18. The van der Waals surface area contributed by atoms with Crippen molar-refractivity contribution in [2.45, 2.75) is 19.4 Å². The molecule has 0 spiro atoms. The molecule has 0 atom stereocenters. The summed E-state index contributed by atoms with van der Waals surface area (Å²) in [6, 6.07) is 4.49. The molecule has 98 valence electrons. The molecule has 1 aliphatic rings. The fraction of sp³-hybridized carbons (Fsp3) is 0.462. The molecule has 1 amide bonds. The lowest BCUT2D eigenvalue weighted by atomic mass is 9.97. The molecule has 1 saturated heterocycles. The van der Waals surface area contributed by atoms with Crippen molar-refractivity contribution < 1.29 is 9.18 Å². The van der Waals surface area contributed by atoms with E-state index in [0.717, 1.165) is 31.5 Å².